The lowest BCUT2D eigenvalue weighted by atomic mass is 9.89. The summed E-state index contributed by atoms with van der Waals surface area (Å²) in [4.78, 5) is 23.8. The molecule has 1 aliphatic heterocycles. The summed E-state index contributed by atoms with van der Waals surface area (Å²) in [6.07, 6.45) is 8.07. The fourth-order valence-corrected chi connectivity index (χ4v) is 4.90. The van der Waals surface area contributed by atoms with Crippen LogP contribution in [0.3, 0.4) is 0 Å². The van der Waals surface area contributed by atoms with Gasteiger partial charge < -0.3 is 15.3 Å². The average molecular weight is 554 g/mol. The van der Waals surface area contributed by atoms with Crippen molar-refractivity contribution in [2.45, 2.75) is 44.8 Å². The predicted molar refractivity (Wildman–Crippen MR) is 153 cm³/mol. The van der Waals surface area contributed by atoms with Gasteiger partial charge in [0, 0.05) is 53.9 Å². The summed E-state index contributed by atoms with van der Waals surface area (Å²) in [5.41, 5.74) is 2.07. The Labute approximate surface area is 237 Å². The largest absolute Gasteiger partial charge is 0.378 e. The number of anilines is 1. The lowest BCUT2D eigenvalue weighted by molar-refractivity contribution is 0.0886. The van der Waals surface area contributed by atoms with Crippen LogP contribution in [-0.2, 0) is 0 Å². The summed E-state index contributed by atoms with van der Waals surface area (Å²) < 4.78 is 1.63. The SMILES string of the molecule is CC(C)(O)C#Cc1cc(-c2ccc(N3CCC(C)(NC(=O)c4ncccc4Cl)CC3)nc2)c2c(C#N)cnn2c1. The third-order valence-corrected chi connectivity index (χ3v) is 7.19. The lowest BCUT2D eigenvalue weighted by Crippen LogP contribution is -2.53. The van der Waals surface area contributed by atoms with Crippen molar-refractivity contribution in [2.75, 3.05) is 18.0 Å². The fraction of sp³-hybridized carbons (Fsp3) is 0.300. The Bertz CT molecular complexity index is 1680. The molecule has 5 rings (SSSR count). The second kappa shape index (κ2) is 10.6. The molecule has 0 unspecified atom stereocenters. The smallest absolute Gasteiger partial charge is 0.271 e. The Morgan fingerprint density at radius 2 is 1.98 bits per heavy atom. The molecule has 1 saturated heterocycles. The van der Waals surface area contributed by atoms with Crippen molar-refractivity contribution in [3.05, 3.63) is 77.0 Å². The van der Waals surface area contributed by atoms with Crippen molar-refractivity contribution < 1.29 is 9.90 Å². The van der Waals surface area contributed by atoms with Gasteiger partial charge in [0.15, 0.2) is 0 Å². The minimum atomic E-state index is -1.14. The molecule has 2 N–H and O–H groups in total. The first kappa shape index (κ1) is 27.1. The Kier molecular flexibility index (Phi) is 7.20. The molecule has 5 heterocycles. The number of pyridine rings is 3. The average Bonchev–Trinajstić information content (AvgIpc) is 3.35. The Hall–Kier alpha value is -4.44. The summed E-state index contributed by atoms with van der Waals surface area (Å²) in [6.45, 7) is 6.71. The summed E-state index contributed by atoms with van der Waals surface area (Å²) in [7, 11) is 0. The van der Waals surface area contributed by atoms with Crippen LogP contribution in [0.15, 0.2) is 55.1 Å². The number of carbonyl (C=O) groups is 1. The normalized spacial score (nSPS) is 14.8. The highest BCUT2D eigenvalue weighted by atomic mass is 35.5. The van der Waals surface area contributed by atoms with Crippen LogP contribution >= 0.6 is 11.6 Å². The number of nitrogens with zero attached hydrogens (tertiary/aromatic N) is 6. The maximum absolute atomic E-state index is 12.8. The van der Waals surface area contributed by atoms with Crippen molar-refractivity contribution in [3.63, 3.8) is 0 Å². The first-order valence-electron chi connectivity index (χ1n) is 12.9. The van der Waals surface area contributed by atoms with Gasteiger partial charge in [0.25, 0.3) is 5.91 Å². The number of fused-ring (bicyclic) bond motifs is 1. The van der Waals surface area contributed by atoms with Crippen LogP contribution in [0.5, 0.6) is 0 Å². The predicted octanol–water partition coefficient (Wildman–Crippen LogP) is 4.23. The monoisotopic (exact) mass is 553 g/mol. The van der Waals surface area contributed by atoms with Crippen molar-refractivity contribution in [2.24, 2.45) is 0 Å². The van der Waals surface area contributed by atoms with Crippen molar-refractivity contribution in [3.8, 4) is 29.0 Å². The molecule has 9 nitrogen and oxygen atoms in total. The number of carbonyl (C=O) groups excluding carboxylic acids is 1. The molecular formula is C30H28ClN7O2. The molecule has 202 valence electrons. The van der Waals surface area contributed by atoms with Gasteiger partial charge in [0.1, 0.15) is 23.2 Å². The zero-order valence-corrected chi connectivity index (χ0v) is 23.2. The van der Waals surface area contributed by atoms with Gasteiger partial charge in [-0.05, 0) is 63.9 Å². The molecule has 1 aliphatic rings. The van der Waals surface area contributed by atoms with Gasteiger partial charge in [-0.1, -0.05) is 23.4 Å². The summed E-state index contributed by atoms with van der Waals surface area (Å²) in [5.74, 6) is 6.37. The highest BCUT2D eigenvalue weighted by Crippen LogP contribution is 2.31. The molecule has 0 aromatic carbocycles. The van der Waals surface area contributed by atoms with E-state index >= 15 is 0 Å². The minimum Gasteiger partial charge on any atom is -0.378 e. The molecule has 4 aromatic heterocycles. The number of nitrogens with one attached hydrogen (secondary N) is 1. The van der Waals surface area contributed by atoms with Crippen LogP contribution in [0.1, 0.15) is 55.2 Å². The maximum Gasteiger partial charge on any atom is 0.271 e. The van der Waals surface area contributed by atoms with Crippen LogP contribution in [0, 0.1) is 23.2 Å². The zero-order valence-electron chi connectivity index (χ0n) is 22.4. The number of amides is 1. The summed E-state index contributed by atoms with van der Waals surface area (Å²) >= 11 is 6.15. The van der Waals surface area contributed by atoms with Crippen LogP contribution in [-0.4, -0.2) is 54.8 Å². The molecule has 0 spiro atoms. The van der Waals surface area contributed by atoms with E-state index in [1.165, 1.54) is 6.20 Å². The molecule has 1 fully saturated rings. The fourth-order valence-electron chi connectivity index (χ4n) is 4.69. The zero-order chi connectivity index (χ0) is 28.5. The molecule has 10 heteroatoms. The topological polar surface area (TPSA) is 119 Å². The first-order chi connectivity index (χ1) is 19.0. The quantitative estimate of drug-likeness (QED) is 0.363. The second-order valence-electron chi connectivity index (χ2n) is 10.7. The number of aliphatic hydroxyl groups is 1. The maximum atomic E-state index is 12.8. The number of rotatable bonds is 4. The Morgan fingerprint density at radius 3 is 2.62 bits per heavy atom. The number of halogens is 1. The number of piperidine rings is 1. The van der Waals surface area contributed by atoms with E-state index in [1.54, 1.807) is 49.1 Å². The van der Waals surface area contributed by atoms with Gasteiger partial charge in [-0.2, -0.15) is 10.4 Å². The summed E-state index contributed by atoms with van der Waals surface area (Å²) in [6, 6.07) is 11.4. The van der Waals surface area contributed by atoms with Gasteiger partial charge >= 0.3 is 0 Å². The van der Waals surface area contributed by atoms with Gasteiger partial charge in [-0.3, -0.25) is 4.79 Å². The van der Waals surface area contributed by atoms with Gasteiger partial charge in [0.05, 0.1) is 22.3 Å². The van der Waals surface area contributed by atoms with E-state index in [1.807, 2.05) is 25.1 Å². The molecule has 0 aliphatic carbocycles. The number of hydrogen-bond acceptors (Lipinski definition) is 7. The lowest BCUT2D eigenvalue weighted by Gasteiger charge is -2.40. The van der Waals surface area contributed by atoms with E-state index in [0.29, 0.717) is 34.8 Å². The van der Waals surface area contributed by atoms with Gasteiger partial charge in [0.2, 0.25) is 0 Å². The number of aromatic nitrogens is 4. The highest BCUT2D eigenvalue weighted by molar-refractivity contribution is 6.33. The standard InChI is InChI=1S/C30H28ClN7O2/c1-29(2,40)9-8-20-15-23(27-22(16-32)18-35-38(27)19-20)21-6-7-25(34-17-21)37-13-10-30(3,11-14-37)36-28(39)26-24(31)5-4-12-33-26/h4-7,12,15,17-19,40H,10-11,13-14H2,1-3H3,(H,36,39). The third kappa shape index (κ3) is 5.76. The molecule has 0 bridgehead atoms. The van der Waals surface area contributed by atoms with Crippen molar-refractivity contribution in [1.82, 2.24) is 24.9 Å². The molecule has 4 aromatic rings. The van der Waals surface area contributed by atoms with Crippen LogP contribution < -0.4 is 10.2 Å². The number of nitriles is 1. The minimum absolute atomic E-state index is 0.229. The third-order valence-electron chi connectivity index (χ3n) is 6.88. The molecule has 40 heavy (non-hydrogen) atoms. The molecule has 0 atom stereocenters. The molecular weight excluding hydrogens is 526 g/mol. The van der Waals surface area contributed by atoms with E-state index < -0.39 is 5.60 Å². The summed E-state index contributed by atoms with van der Waals surface area (Å²) in [5, 5.41) is 27.4. The highest BCUT2D eigenvalue weighted by Gasteiger charge is 2.33. The van der Waals surface area contributed by atoms with E-state index in [-0.39, 0.29) is 17.1 Å². The Morgan fingerprint density at radius 1 is 1.20 bits per heavy atom. The molecule has 0 radical (unpaired) electrons. The van der Waals surface area contributed by atoms with Crippen LogP contribution in [0.4, 0.5) is 5.82 Å². The van der Waals surface area contributed by atoms with E-state index in [0.717, 1.165) is 29.8 Å². The van der Waals surface area contributed by atoms with Crippen LogP contribution in [0.25, 0.3) is 16.6 Å². The van der Waals surface area contributed by atoms with E-state index in [4.69, 9.17) is 16.6 Å². The Balaban J connectivity index is 1.35. The molecule has 0 saturated carbocycles. The molecule has 1 amide bonds. The van der Waals surface area contributed by atoms with Crippen molar-refractivity contribution in [1.29, 1.82) is 5.26 Å². The van der Waals surface area contributed by atoms with Crippen LogP contribution in [0.2, 0.25) is 5.02 Å². The van der Waals surface area contributed by atoms with Gasteiger partial charge in [-0.15, -0.1) is 0 Å². The van der Waals surface area contributed by atoms with Gasteiger partial charge in [-0.25, -0.2) is 14.5 Å². The van der Waals surface area contributed by atoms with E-state index in [2.05, 4.69) is 38.2 Å². The van der Waals surface area contributed by atoms with Crippen molar-refractivity contribution >= 4 is 28.8 Å². The number of hydrogen-bond donors (Lipinski definition) is 2. The second-order valence-corrected chi connectivity index (χ2v) is 11.1. The first-order valence-corrected chi connectivity index (χ1v) is 13.2. The van der Waals surface area contributed by atoms with E-state index in [9.17, 15) is 15.2 Å².